The Morgan fingerprint density at radius 3 is 2.47 bits per heavy atom. The molecule has 0 bridgehead atoms. The molecule has 4 aliphatic carbocycles. The number of allylic oxidation sites excluding steroid dienone is 1. The van der Waals surface area contributed by atoms with Crippen molar-refractivity contribution in [3.05, 3.63) is 46.0 Å². The standard InChI is InChI=1S/C30H42O8/c1-16-24(32)25(33)26(34)27(37-16)38-19-8-11-28(2)18(14-19)5-6-22-21(28)9-12-29(3)20(10-13-30(22,29)35)17-4-7-23(31)36-15-17/h4,7,14-16,19-22,24-27,32-35H,5-6,8-13H2,1-3H3/t16?,19-,20+,21?,22?,24-,25?,26?,27-,28-,29+,30-/m0/s1. The molecule has 1 saturated heterocycles. The van der Waals surface area contributed by atoms with Gasteiger partial charge in [0.2, 0.25) is 0 Å². The smallest absolute Gasteiger partial charge is 0.335 e. The minimum atomic E-state index is -1.31. The molecule has 38 heavy (non-hydrogen) atoms. The number of hydrogen-bond donors (Lipinski definition) is 4. The molecule has 8 nitrogen and oxygen atoms in total. The Bertz CT molecular complexity index is 1130. The van der Waals surface area contributed by atoms with Crippen molar-refractivity contribution in [2.45, 2.75) is 120 Å². The summed E-state index contributed by atoms with van der Waals surface area (Å²) in [6.07, 6.45) is 5.32. The molecular weight excluding hydrogens is 488 g/mol. The monoisotopic (exact) mass is 530 g/mol. The number of fused-ring (bicyclic) bond motifs is 5. The van der Waals surface area contributed by atoms with Crippen LogP contribution in [0.2, 0.25) is 0 Å². The van der Waals surface area contributed by atoms with Crippen LogP contribution >= 0.6 is 0 Å². The fourth-order valence-corrected chi connectivity index (χ4v) is 9.17. The van der Waals surface area contributed by atoms with E-state index in [-0.39, 0.29) is 34.4 Å². The molecule has 5 aliphatic rings. The summed E-state index contributed by atoms with van der Waals surface area (Å²) in [5.74, 6) is 0.759. The maximum atomic E-state index is 12.4. The molecule has 5 unspecified atom stereocenters. The van der Waals surface area contributed by atoms with Crippen LogP contribution in [0, 0.1) is 22.7 Å². The van der Waals surface area contributed by atoms with E-state index in [1.54, 1.807) is 13.2 Å². The van der Waals surface area contributed by atoms with Crippen LogP contribution in [0.15, 0.2) is 39.3 Å². The van der Waals surface area contributed by atoms with Crippen molar-refractivity contribution < 1.29 is 34.3 Å². The third-order valence-corrected chi connectivity index (χ3v) is 11.5. The molecule has 0 spiro atoms. The second kappa shape index (κ2) is 9.25. The predicted molar refractivity (Wildman–Crippen MR) is 138 cm³/mol. The topological polar surface area (TPSA) is 130 Å². The molecule has 3 saturated carbocycles. The van der Waals surface area contributed by atoms with Crippen LogP contribution < -0.4 is 5.63 Å². The Hall–Kier alpha value is -1.55. The minimum Gasteiger partial charge on any atom is -0.431 e. The van der Waals surface area contributed by atoms with Crippen molar-refractivity contribution in [1.29, 1.82) is 0 Å². The first-order valence-electron chi connectivity index (χ1n) is 14.4. The largest absolute Gasteiger partial charge is 0.431 e. The molecule has 0 radical (unpaired) electrons. The molecule has 1 aliphatic heterocycles. The van der Waals surface area contributed by atoms with E-state index in [2.05, 4.69) is 19.9 Å². The zero-order valence-electron chi connectivity index (χ0n) is 22.6. The third-order valence-electron chi connectivity index (χ3n) is 11.5. The third kappa shape index (κ3) is 3.82. The van der Waals surface area contributed by atoms with Crippen LogP contribution in [0.25, 0.3) is 0 Å². The van der Waals surface area contributed by atoms with Crippen molar-refractivity contribution in [3.8, 4) is 0 Å². The molecule has 0 amide bonds. The minimum absolute atomic E-state index is 0.0213. The number of rotatable bonds is 3. The van der Waals surface area contributed by atoms with E-state index < -0.39 is 36.3 Å². The van der Waals surface area contributed by atoms with Gasteiger partial charge in [0, 0.05) is 11.5 Å². The quantitative estimate of drug-likeness (QED) is 0.439. The summed E-state index contributed by atoms with van der Waals surface area (Å²) < 4.78 is 17.0. The first-order valence-corrected chi connectivity index (χ1v) is 14.4. The first-order chi connectivity index (χ1) is 18.0. The highest BCUT2D eigenvalue weighted by molar-refractivity contribution is 5.31. The lowest BCUT2D eigenvalue weighted by Crippen LogP contribution is -2.60. The Morgan fingerprint density at radius 2 is 1.74 bits per heavy atom. The van der Waals surface area contributed by atoms with E-state index in [0.717, 1.165) is 56.9 Å². The van der Waals surface area contributed by atoms with Crippen molar-refractivity contribution in [3.63, 3.8) is 0 Å². The summed E-state index contributed by atoms with van der Waals surface area (Å²) in [4.78, 5) is 11.5. The number of aliphatic hydroxyl groups excluding tert-OH is 3. The molecule has 1 aromatic heterocycles. The Labute approximate surface area is 223 Å². The lowest BCUT2D eigenvalue weighted by atomic mass is 9.45. The van der Waals surface area contributed by atoms with Gasteiger partial charge in [0.05, 0.1) is 24.1 Å². The summed E-state index contributed by atoms with van der Waals surface area (Å²) in [7, 11) is 0. The normalized spacial score (nSPS) is 50.5. The van der Waals surface area contributed by atoms with Gasteiger partial charge < -0.3 is 34.3 Å². The molecule has 4 N–H and O–H groups in total. The maximum Gasteiger partial charge on any atom is 0.335 e. The second-order valence-corrected chi connectivity index (χ2v) is 13.1. The molecular formula is C30H42O8. The molecule has 1 aromatic rings. The van der Waals surface area contributed by atoms with Gasteiger partial charge in [0.15, 0.2) is 6.29 Å². The lowest BCUT2D eigenvalue weighted by molar-refractivity contribution is -0.301. The number of hydrogen-bond acceptors (Lipinski definition) is 8. The van der Waals surface area contributed by atoms with Gasteiger partial charge in [0.1, 0.15) is 18.3 Å². The maximum absolute atomic E-state index is 12.4. The van der Waals surface area contributed by atoms with E-state index in [4.69, 9.17) is 13.9 Å². The van der Waals surface area contributed by atoms with E-state index in [1.165, 1.54) is 11.6 Å². The molecule has 8 heteroatoms. The Kier molecular flexibility index (Phi) is 6.49. The highest BCUT2D eigenvalue weighted by Crippen LogP contribution is 2.70. The second-order valence-electron chi connectivity index (χ2n) is 13.1. The highest BCUT2D eigenvalue weighted by atomic mass is 16.7. The summed E-state index contributed by atoms with van der Waals surface area (Å²) in [6.45, 7) is 6.26. The van der Waals surface area contributed by atoms with Gasteiger partial charge in [0.25, 0.3) is 0 Å². The van der Waals surface area contributed by atoms with Crippen molar-refractivity contribution in [2.75, 3.05) is 0 Å². The first kappa shape index (κ1) is 26.7. The molecule has 4 fully saturated rings. The number of ether oxygens (including phenoxy) is 2. The van der Waals surface area contributed by atoms with Gasteiger partial charge in [-0.1, -0.05) is 25.5 Å². The number of aliphatic hydroxyl groups is 4. The van der Waals surface area contributed by atoms with Crippen molar-refractivity contribution in [2.24, 2.45) is 22.7 Å². The van der Waals surface area contributed by atoms with Crippen molar-refractivity contribution >= 4 is 0 Å². The van der Waals surface area contributed by atoms with Crippen LogP contribution in [0.3, 0.4) is 0 Å². The van der Waals surface area contributed by atoms with Gasteiger partial charge in [-0.2, -0.15) is 0 Å². The van der Waals surface area contributed by atoms with Gasteiger partial charge in [-0.25, -0.2) is 4.79 Å². The fraction of sp³-hybridized carbons (Fsp3) is 0.767. The van der Waals surface area contributed by atoms with E-state index in [9.17, 15) is 25.2 Å². The molecule has 210 valence electrons. The SMILES string of the molecule is CC1O[C@@H](O[C@@H]2C=C3CCC4C(CC[C@]5(C)[C@@H](c6ccc(=O)oc6)CC[C@]45O)[C@@]3(C)CC2)C(O)C(O)[C@H]1O. The van der Waals surface area contributed by atoms with Crippen LogP contribution in [0.1, 0.15) is 83.6 Å². The highest BCUT2D eigenvalue weighted by Gasteiger charge is 2.66. The molecule has 0 aromatic carbocycles. The van der Waals surface area contributed by atoms with Gasteiger partial charge in [-0.15, -0.1) is 0 Å². The fourth-order valence-electron chi connectivity index (χ4n) is 9.17. The lowest BCUT2D eigenvalue weighted by Gasteiger charge is -2.62. The van der Waals surface area contributed by atoms with Crippen LogP contribution in [-0.4, -0.2) is 62.8 Å². The average molecular weight is 531 g/mol. The van der Waals surface area contributed by atoms with E-state index in [1.807, 2.05) is 6.07 Å². The molecule has 2 heterocycles. The summed E-state index contributed by atoms with van der Waals surface area (Å²) in [5, 5.41) is 43.0. The molecule has 12 atom stereocenters. The van der Waals surface area contributed by atoms with Crippen LogP contribution in [-0.2, 0) is 9.47 Å². The predicted octanol–water partition coefficient (Wildman–Crippen LogP) is 3.01. The van der Waals surface area contributed by atoms with Crippen LogP contribution in [0.4, 0.5) is 0 Å². The average Bonchev–Trinajstić information content (AvgIpc) is 3.18. The summed E-state index contributed by atoms with van der Waals surface area (Å²) >= 11 is 0. The van der Waals surface area contributed by atoms with Gasteiger partial charge in [-0.05, 0) is 93.1 Å². The molecule has 6 rings (SSSR count). The van der Waals surface area contributed by atoms with Gasteiger partial charge >= 0.3 is 5.63 Å². The Balaban J connectivity index is 1.21. The Morgan fingerprint density at radius 1 is 0.947 bits per heavy atom. The summed E-state index contributed by atoms with van der Waals surface area (Å²) in [5.41, 5.74) is 0.991. The summed E-state index contributed by atoms with van der Waals surface area (Å²) in [6, 6.07) is 3.36. The van der Waals surface area contributed by atoms with E-state index in [0.29, 0.717) is 5.92 Å². The van der Waals surface area contributed by atoms with Crippen LogP contribution in [0.5, 0.6) is 0 Å². The van der Waals surface area contributed by atoms with Gasteiger partial charge in [-0.3, -0.25) is 0 Å². The zero-order valence-corrected chi connectivity index (χ0v) is 22.6. The zero-order chi connectivity index (χ0) is 27.0. The van der Waals surface area contributed by atoms with Crippen molar-refractivity contribution in [1.82, 2.24) is 0 Å². The van der Waals surface area contributed by atoms with E-state index >= 15 is 0 Å².